The molecular weight excluding hydrogens is 326 g/mol. The Bertz CT molecular complexity index is 1140. The second-order valence-electron chi connectivity index (χ2n) is 5.02. The number of hydrogen-bond donors (Lipinski definition) is 3. The van der Waals surface area contributed by atoms with Gasteiger partial charge in [0.1, 0.15) is 16.9 Å². The molecule has 0 saturated carbocycles. The van der Waals surface area contributed by atoms with Crippen LogP contribution in [0.2, 0.25) is 5.02 Å². The largest absolute Gasteiger partial charge is 0.480 e. The van der Waals surface area contributed by atoms with Gasteiger partial charge < -0.3 is 10.1 Å². The number of aromatic amines is 2. The van der Waals surface area contributed by atoms with E-state index in [0.29, 0.717) is 15.2 Å². The van der Waals surface area contributed by atoms with Gasteiger partial charge in [-0.25, -0.2) is 9.48 Å². The number of aliphatic carboxylic acids is 1. The van der Waals surface area contributed by atoms with Crippen LogP contribution >= 0.6 is 11.6 Å². The fraction of sp³-hybridized carbons (Fsp3) is 0.143. The van der Waals surface area contributed by atoms with Crippen molar-refractivity contribution in [3.8, 4) is 0 Å². The Morgan fingerprint density at radius 2 is 2.00 bits per heavy atom. The Hall–Kier alpha value is -2.87. The number of carboxylic acids is 1. The highest BCUT2D eigenvalue weighted by Crippen LogP contribution is 2.16. The van der Waals surface area contributed by atoms with Gasteiger partial charge in [0.15, 0.2) is 0 Å². The molecule has 3 aromatic rings. The predicted octanol–water partition coefficient (Wildman–Crippen LogP) is 0.830. The van der Waals surface area contributed by atoms with Crippen LogP contribution in [0.1, 0.15) is 13.0 Å². The summed E-state index contributed by atoms with van der Waals surface area (Å²) >= 11 is 5.86. The molecule has 3 rings (SSSR count). The maximum absolute atomic E-state index is 12.5. The summed E-state index contributed by atoms with van der Waals surface area (Å²) in [6.45, 7) is 1.22. The van der Waals surface area contributed by atoms with Gasteiger partial charge in [0, 0.05) is 10.4 Å². The SMILES string of the molecule is CC(C(=O)O)n1[nH]c(=O)c2[nH]c3cc(Cl)ccc3c(=O)c2c1=O. The predicted molar refractivity (Wildman–Crippen MR) is 84.3 cm³/mol. The first kappa shape index (κ1) is 15.0. The third-order valence-electron chi connectivity index (χ3n) is 3.59. The summed E-state index contributed by atoms with van der Waals surface area (Å²) in [5.74, 6) is -1.31. The van der Waals surface area contributed by atoms with Gasteiger partial charge in [-0.3, -0.25) is 19.5 Å². The summed E-state index contributed by atoms with van der Waals surface area (Å²) in [5.41, 5.74) is -2.22. The number of hydrogen-bond acceptors (Lipinski definition) is 4. The molecule has 1 atom stereocenters. The summed E-state index contributed by atoms with van der Waals surface area (Å²) in [7, 11) is 0. The van der Waals surface area contributed by atoms with Gasteiger partial charge >= 0.3 is 5.97 Å². The number of benzene rings is 1. The minimum atomic E-state index is -1.32. The molecule has 0 spiro atoms. The average Bonchev–Trinajstić information content (AvgIpc) is 2.49. The van der Waals surface area contributed by atoms with Crippen LogP contribution in [0.25, 0.3) is 21.8 Å². The van der Waals surface area contributed by atoms with Crippen LogP contribution in [-0.4, -0.2) is 25.8 Å². The van der Waals surface area contributed by atoms with E-state index in [9.17, 15) is 19.2 Å². The van der Waals surface area contributed by atoms with E-state index in [1.54, 1.807) is 0 Å². The summed E-state index contributed by atoms with van der Waals surface area (Å²) in [6, 6.07) is 3.06. The number of halogens is 1. The molecule has 9 heteroatoms. The van der Waals surface area contributed by atoms with E-state index in [-0.39, 0.29) is 10.9 Å². The van der Waals surface area contributed by atoms with Crippen molar-refractivity contribution in [3.63, 3.8) is 0 Å². The molecule has 2 aromatic heterocycles. The minimum absolute atomic E-state index is 0.180. The number of rotatable bonds is 2. The molecule has 1 aromatic carbocycles. The van der Waals surface area contributed by atoms with Crippen LogP contribution in [0.5, 0.6) is 0 Å². The Labute approximate surface area is 131 Å². The van der Waals surface area contributed by atoms with E-state index in [1.165, 1.54) is 25.1 Å². The lowest BCUT2D eigenvalue weighted by atomic mass is 10.1. The number of carboxylic acid groups (broad SMARTS) is 1. The van der Waals surface area contributed by atoms with Crippen LogP contribution in [0.4, 0.5) is 0 Å². The van der Waals surface area contributed by atoms with Gasteiger partial charge in [-0.1, -0.05) is 11.6 Å². The Morgan fingerprint density at radius 1 is 1.30 bits per heavy atom. The Morgan fingerprint density at radius 3 is 2.65 bits per heavy atom. The molecule has 0 bridgehead atoms. The second-order valence-corrected chi connectivity index (χ2v) is 5.46. The first-order chi connectivity index (χ1) is 10.8. The van der Waals surface area contributed by atoms with Gasteiger partial charge in [0.25, 0.3) is 11.1 Å². The Balaban J connectivity index is 2.55. The zero-order chi connectivity index (χ0) is 16.9. The smallest absolute Gasteiger partial charge is 0.328 e. The van der Waals surface area contributed by atoms with E-state index in [0.717, 1.165) is 0 Å². The van der Waals surface area contributed by atoms with Crippen molar-refractivity contribution < 1.29 is 9.90 Å². The molecule has 1 unspecified atom stereocenters. The topological polar surface area (TPSA) is 125 Å². The van der Waals surface area contributed by atoms with Crippen LogP contribution in [0.3, 0.4) is 0 Å². The highest BCUT2D eigenvalue weighted by molar-refractivity contribution is 6.31. The summed E-state index contributed by atoms with van der Waals surface area (Å²) in [6.07, 6.45) is 0. The third-order valence-corrected chi connectivity index (χ3v) is 3.82. The van der Waals surface area contributed by atoms with Crippen molar-refractivity contribution in [2.24, 2.45) is 0 Å². The van der Waals surface area contributed by atoms with Gasteiger partial charge in [-0.2, -0.15) is 0 Å². The molecule has 0 aliphatic heterocycles. The fourth-order valence-electron chi connectivity index (χ4n) is 2.36. The van der Waals surface area contributed by atoms with Gasteiger partial charge in [0.05, 0.1) is 5.52 Å². The van der Waals surface area contributed by atoms with E-state index < -0.39 is 33.9 Å². The molecule has 2 heterocycles. The number of nitrogens with one attached hydrogen (secondary N) is 2. The van der Waals surface area contributed by atoms with Crippen LogP contribution < -0.4 is 16.5 Å². The quantitative estimate of drug-likeness (QED) is 0.598. The van der Waals surface area contributed by atoms with Gasteiger partial charge in [-0.05, 0) is 25.1 Å². The lowest BCUT2D eigenvalue weighted by molar-refractivity contribution is -0.140. The summed E-state index contributed by atoms with van der Waals surface area (Å²) < 4.78 is 0.629. The second kappa shape index (κ2) is 5.10. The first-order valence-electron chi connectivity index (χ1n) is 6.54. The molecule has 0 fully saturated rings. The fourth-order valence-corrected chi connectivity index (χ4v) is 2.53. The maximum atomic E-state index is 12.5. The Kier molecular flexibility index (Phi) is 3.33. The van der Waals surface area contributed by atoms with Crippen LogP contribution in [0.15, 0.2) is 32.6 Å². The summed E-state index contributed by atoms with van der Waals surface area (Å²) in [4.78, 5) is 50.9. The zero-order valence-corrected chi connectivity index (χ0v) is 12.5. The third kappa shape index (κ3) is 2.23. The van der Waals surface area contributed by atoms with Gasteiger partial charge in [-0.15, -0.1) is 0 Å². The molecule has 0 saturated heterocycles. The first-order valence-corrected chi connectivity index (χ1v) is 6.92. The normalized spacial score (nSPS) is 12.6. The van der Waals surface area contributed by atoms with Crippen molar-refractivity contribution in [1.82, 2.24) is 14.8 Å². The molecule has 23 heavy (non-hydrogen) atoms. The lowest BCUT2D eigenvalue weighted by Gasteiger charge is -2.11. The average molecular weight is 336 g/mol. The van der Waals surface area contributed by atoms with Crippen LogP contribution in [0, 0.1) is 0 Å². The van der Waals surface area contributed by atoms with Crippen molar-refractivity contribution in [3.05, 3.63) is 54.2 Å². The van der Waals surface area contributed by atoms with E-state index >= 15 is 0 Å². The summed E-state index contributed by atoms with van der Waals surface area (Å²) in [5, 5.41) is 11.3. The number of aromatic nitrogens is 3. The molecule has 118 valence electrons. The molecule has 0 aliphatic rings. The molecule has 0 amide bonds. The number of H-pyrrole nitrogens is 2. The van der Waals surface area contributed by atoms with Crippen molar-refractivity contribution in [2.75, 3.05) is 0 Å². The number of nitrogens with zero attached hydrogens (tertiary/aromatic N) is 1. The number of pyridine rings is 1. The lowest BCUT2D eigenvalue weighted by Crippen LogP contribution is -2.37. The minimum Gasteiger partial charge on any atom is -0.480 e. The molecule has 0 radical (unpaired) electrons. The van der Waals surface area contributed by atoms with E-state index in [2.05, 4.69) is 10.1 Å². The molecular formula is C14H10ClN3O5. The highest BCUT2D eigenvalue weighted by Gasteiger charge is 2.20. The number of carbonyl (C=O) groups is 1. The zero-order valence-electron chi connectivity index (χ0n) is 11.7. The molecule has 0 aliphatic carbocycles. The van der Waals surface area contributed by atoms with E-state index in [4.69, 9.17) is 16.7 Å². The standard InChI is InChI=1S/C14H10ClN3O5/c1-5(14(22)23)18-13(21)9-10(12(20)17-18)16-8-4-6(15)2-3-7(8)11(9)19/h2-5H,1H3,(H,16,19)(H,17,20)(H,22,23). The van der Waals surface area contributed by atoms with Gasteiger partial charge in [0.2, 0.25) is 5.43 Å². The van der Waals surface area contributed by atoms with Crippen molar-refractivity contribution in [1.29, 1.82) is 0 Å². The number of fused-ring (bicyclic) bond motifs is 2. The maximum Gasteiger partial charge on any atom is 0.328 e. The monoisotopic (exact) mass is 335 g/mol. The van der Waals surface area contributed by atoms with E-state index in [1.807, 2.05) is 0 Å². The molecule has 8 nitrogen and oxygen atoms in total. The van der Waals surface area contributed by atoms with Crippen molar-refractivity contribution in [2.45, 2.75) is 13.0 Å². The molecule has 3 N–H and O–H groups in total. The van der Waals surface area contributed by atoms with Crippen molar-refractivity contribution >= 4 is 39.4 Å². The van der Waals surface area contributed by atoms with Crippen LogP contribution in [-0.2, 0) is 4.79 Å². The highest BCUT2D eigenvalue weighted by atomic mass is 35.5.